The monoisotopic (exact) mass is 391 g/mol. The van der Waals surface area contributed by atoms with Gasteiger partial charge in [0.25, 0.3) is 0 Å². The fourth-order valence-corrected chi connectivity index (χ4v) is 6.07. The third-order valence-electron chi connectivity index (χ3n) is 7.35. The van der Waals surface area contributed by atoms with Gasteiger partial charge in [-0.2, -0.15) is 5.10 Å². The normalized spacial score (nSPS) is 30.2. The number of rotatable bonds is 4. The molecule has 6 heteroatoms. The molecule has 0 saturated heterocycles. The molecule has 2 bridgehead atoms. The highest BCUT2D eigenvalue weighted by atomic mass is 19.1. The molecule has 5 nitrogen and oxygen atoms in total. The highest BCUT2D eigenvalue weighted by Gasteiger charge is 2.68. The van der Waals surface area contributed by atoms with E-state index < -0.39 is 0 Å². The van der Waals surface area contributed by atoms with E-state index in [0.717, 1.165) is 55.1 Å². The third kappa shape index (κ3) is 2.68. The molecule has 2 aromatic heterocycles. The van der Waals surface area contributed by atoms with Gasteiger partial charge in [0.15, 0.2) is 5.82 Å². The van der Waals surface area contributed by atoms with Gasteiger partial charge < -0.3 is 4.57 Å². The first-order valence-electron chi connectivity index (χ1n) is 10.7. The molecule has 3 aliphatic carbocycles. The first-order valence-corrected chi connectivity index (χ1v) is 10.7. The van der Waals surface area contributed by atoms with E-state index in [1.54, 1.807) is 12.1 Å². The highest BCUT2D eigenvalue weighted by Crippen LogP contribution is 2.72. The summed E-state index contributed by atoms with van der Waals surface area (Å²) in [7, 11) is 0. The Kier molecular flexibility index (Phi) is 3.59. The quantitative estimate of drug-likeness (QED) is 0.664. The van der Waals surface area contributed by atoms with E-state index >= 15 is 0 Å². The van der Waals surface area contributed by atoms with E-state index in [-0.39, 0.29) is 11.7 Å². The van der Waals surface area contributed by atoms with Crippen LogP contribution in [-0.2, 0) is 18.5 Å². The van der Waals surface area contributed by atoms with E-state index in [0.29, 0.717) is 11.0 Å². The number of fused-ring (bicyclic) bond motifs is 1. The molecule has 1 aromatic carbocycles. The van der Waals surface area contributed by atoms with Gasteiger partial charge in [0.05, 0.1) is 12.0 Å². The molecule has 1 atom stereocenters. The molecule has 0 N–H and O–H groups in total. The van der Waals surface area contributed by atoms with Crippen molar-refractivity contribution in [2.45, 2.75) is 69.9 Å². The minimum absolute atomic E-state index is 0.185. The van der Waals surface area contributed by atoms with Gasteiger partial charge in [0.1, 0.15) is 11.6 Å². The van der Waals surface area contributed by atoms with Gasteiger partial charge in [-0.3, -0.25) is 0 Å². The first-order chi connectivity index (χ1) is 14.0. The SMILES string of the molecule is Cc1cn(C23CC(Cc4nc5n(n4)CCCC[C@H]5c4ccc(F)cc4)(C2)C3)cn1. The Morgan fingerprint density at radius 2 is 1.93 bits per heavy atom. The maximum absolute atomic E-state index is 13.4. The van der Waals surface area contributed by atoms with Crippen LogP contribution in [0.4, 0.5) is 4.39 Å². The maximum Gasteiger partial charge on any atom is 0.151 e. The Morgan fingerprint density at radius 1 is 1.14 bits per heavy atom. The standard InChI is InChI=1S/C23H26FN5/c1-16-11-28(15-25-16)23-12-22(13-23,14-23)10-20-26-21-19(4-2-3-9-29(21)27-20)17-5-7-18(24)8-6-17/h5-8,11,15,19H,2-4,9-10,12-14H2,1H3/t19-,22?,23?/m0/s1. The highest BCUT2D eigenvalue weighted by molar-refractivity contribution is 5.28. The number of hydrogen-bond donors (Lipinski definition) is 0. The summed E-state index contributed by atoms with van der Waals surface area (Å²) in [6.45, 7) is 2.99. The molecule has 4 aliphatic rings. The molecule has 3 saturated carbocycles. The second-order valence-electron chi connectivity index (χ2n) is 9.56. The lowest BCUT2D eigenvalue weighted by atomic mass is 9.38. The Labute approximate surface area is 170 Å². The Hall–Kier alpha value is -2.50. The molecule has 1 aliphatic heterocycles. The molecule has 29 heavy (non-hydrogen) atoms. The molecule has 7 rings (SSSR count). The van der Waals surface area contributed by atoms with Crippen molar-refractivity contribution < 1.29 is 4.39 Å². The molecular formula is C23H26FN5. The summed E-state index contributed by atoms with van der Waals surface area (Å²) in [5.74, 6) is 2.09. The lowest BCUT2D eigenvalue weighted by Gasteiger charge is -2.71. The van der Waals surface area contributed by atoms with Crippen LogP contribution in [0.25, 0.3) is 0 Å². The Balaban J connectivity index is 1.22. The van der Waals surface area contributed by atoms with E-state index in [1.165, 1.54) is 19.3 Å². The zero-order valence-corrected chi connectivity index (χ0v) is 16.8. The van der Waals surface area contributed by atoms with E-state index in [2.05, 4.69) is 27.4 Å². The van der Waals surface area contributed by atoms with Gasteiger partial charge in [-0.25, -0.2) is 19.0 Å². The number of aryl methyl sites for hydroxylation is 2. The Morgan fingerprint density at radius 3 is 2.66 bits per heavy atom. The molecule has 0 unspecified atom stereocenters. The van der Waals surface area contributed by atoms with Crippen LogP contribution in [0.1, 0.15) is 67.3 Å². The summed E-state index contributed by atoms with van der Waals surface area (Å²) >= 11 is 0. The lowest BCUT2D eigenvalue weighted by molar-refractivity contribution is -0.187. The van der Waals surface area contributed by atoms with Crippen LogP contribution in [0.2, 0.25) is 0 Å². The van der Waals surface area contributed by atoms with Crippen molar-refractivity contribution in [1.29, 1.82) is 0 Å². The van der Waals surface area contributed by atoms with Crippen LogP contribution < -0.4 is 0 Å². The summed E-state index contributed by atoms with van der Waals surface area (Å²) in [6, 6.07) is 6.92. The molecule has 150 valence electrons. The minimum Gasteiger partial charge on any atom is -0.331 e. The molecule has 0 amide bonds. The summed E-state index contributed by atoms with van der Waals surface area (Å²) in [4.78, 5) is 9.42. The summed E-state index contributed by atoms with van der Waals surface area (Å²) in [5.41, 5.74) is 2.91. The summed E-state index contributed by atoms with van der Waals surface area (Å²) in [6.07, 6.45) is 12.1. The van der Waals surface area contributed by atoms with Gasteiger partial charge in [0.2, 0.25) is 0 Å². The summed E-state index contributed by atoms with van der Waals surface area (Å²) < 4.78 is 17.8. The van der Waals surface area contributed by atoms with Crippen LogP contribution in [-0.4, -0.2) is 24.3 Å². The first kappa shape index (κ1) is 17.4. The molecule has 3 fully saturated rings. The van der Waals surface area contributed by atoms with Crippen molar-refractivity contribution in [3.8, 4) is 0 Å². The van der Waals surface area contributed by atoms with Crippen LogP contribution in [0.15, 0.2) is 36.8 Å². The van der Waals surface area contributed by atoms with Crippen molar-refractivity contribution in [2.24, 2.45) is 5.41 Å². The number of halogens is 1. The number of hydrogen-bond acceptors (Lipinski definition) is 3. The molecular weight excluding hydrogens is 365 g/mol. The largest absolute Gasteiger partial charge is 0.331 e. The fourth-order valence-electron chi connectivity index (χ4n) is 6.07. The second-order valence-corrected chi connectivity index (χ2v) is 9.56. The molecule has 0 radical (unpaired) electrons. The zero-order chi connectivity index (χ0) is 19.6. The van der Waals surface area contributed by atoms with E-state index in [9.17, 15) is 4.39 Å². The van der Waals surface area contributed by atoms with E-state index in [1.807, 2.05) is 18.5 Å². The van der Waals surface area contributed by atoms with Crippen LogP contribution >= 0.6 is 0 Å². The van der Waals surface area contributed by atoms with Crippen molar-refractivity contribution in [3.63, 3.8) is 0 Å². The zero-order valence-electron chi connectivity index (χ0n) is 16.8. The predicted octanol–water partition coefficient (Wildman–Crippen LogP) is 4.36. The smallest absolute Gasteiger partial charge is 0.151 e. The average molecular weight is 391 g/mol. The van der Waals surface area contributed by atoms with Crippen molar-refractivity contribution in [1.82, 2.24) is 24.3 Å². The van der Waals surface area contributed by atoms with Crippen molar-refractivity contribution in [3.05, 3.63) is 65.5 Å². The van der Waals surface area contributed by atoms with Crippen LogP contribution in [0, 0.1) is 18.2 Å². The van der Waals surface area contributed by atoms with Gasteiger partial charge in [0, 0.05) is 30.6 Å². The lowest BCUT2D eigenvalue weighted by Crippen LogP contribution is -2.68. The number of imidazole rings is 1. The second kappa shape index (κ2) is 6.00. The number of nitrogens with zero attached hydrogens (tertiary/aromatic N) is 5. The molecule has 3 aromatic rings. The minimum atomic E-state index is -0.185. The fraction of sp³-hybridized carbons (Fsp3) is 0.522. The number of benzene rings is 1. The average Bonchev–Trinajstić information content (AvgIpc) is 3.19. The molecule has 3 heterocycles. The van der Waals surface area contributed by atoms with Gasteiger partial charge in [-0.05, 0) is 62.1 Å². The maximum atomic E-state index is 13.4. The van der Waals surface area contributed by atoms with Crippen molar-refractivity contribution >= 4 is 0 Å². The third-order valence-corrected chi connectivity index (χ3v) is 7.35. The van der Waals surface area contributed by atoms with Gasteiger partial charge in [-0.15, -0.1) is 0 Å². The van der Waals surface area contributed by atoms with Gasteiger partial charge >= 0.3 is 0 Å². The topological polar surface area (TPSA) is 48.5 Å². The van der Waals surface area contributed by atoms with Crippen molar-refractivity contribution in [2.75, 3.05) is 0 Å². The van der Waals surface area contributed by atoms with Crippen LogP contribution in [0.5, 0.6) is 0 Å². The van der Waals surface area contributed by atoms with Gasteiger partial charge in [-0.1, -0.05) is 18.6 Å². The van der Waals surface area contributed by atoms with Crippen LogP contribution in [0.3, 0.4) is 0 Å². The predicted molar refractivity (Wildman–Crippen MR) is 107 cm³/mol. The number of aromatic nitrogens is 5. The van der Waals surface area contributed by atoms with E-state index in [4.69, 9.17) is 10.1 Å². The summed E-state index contributed by atoms with van der Waals surface area (Å²) in [5, 5.41) is 4.91. The molecule has 0 spiro atoms. The Bertz CT molecular complexity index is 1040.